The predicted octanol–water partition coefficient (Wildman–Crippen LogP) is 3.52. The second kappa shape index (κ2) is 9.37. The predicted molar refractivity (Wildman–Crippen MR) is 76.6 cm³/mol. The highest BCUT2D eigenvalue weighted by Gasteiger charge is 2.17. The number of rotatable bonds is 4. The van der Waals surface area contributed by atoms with E-state index in [1.165, 1.54) is 32.1 Å². The fourth-order valence-electron chi connectivity index (χ4n) is 2.15. The molecule has 0 heterocycles. The lowest BCUT2D eigenvalue weighted by Gasteiger charge is -2.23. The zero-order valence-corrected chi connectivity index (χ0v) is 12.8. The van der Waals surface area contributed by atoms with Crippen LogP contribution in [-0.2, 0) is 9.53 Å². The van der Waals surface area contributed by atoms with Crippen LogP contribution < -0.4 is 5.32 Å². The lowest BCUT2D eigenvalue weighted by Crippen LogP contribution is -2.34. The molecule has 1 N–H and O–H groups in total. The summed E-state index contributed by atoms with van der Waals surface area (Å²) < 4.78 is 5.23. The van der Waals surface area contributed by atoms with Crippen LogP contribution >= 0.6 is 0 Å². The van der Waals surface area contributed by atoms with Crippen molar-refractivity contribution >= 4 is 5.97 Å². The summed E-state index contributed by atoms with van der Waals surface area (Å²) in [6.45, 7) is 11.0. The molecule has 0 atom stereocenters. The molecule has 1 saturated carbocycles. The van der Waals surface area contributed by atoms with E-state index in [9.17, 15) is 4.79 Å². The molecule has 1 aliphatic rings. The van der Waals surface area contributed by atoms with Gasteiger partial charge in [0.2, 0.25) is 0 Å². The van der Waals surface area contributed by atoms with Gasteiger partial charge in [0.25, 0.3) is 0 Å². The molecule has 0 aromatic rings. The maximum Gasteiger partial charge on any atom is 0.320 e. The van der Waals surface area contributed by atoms with E-state index in [-0.39, 0.29) is 11.6 Å². The molecular formula is C15H31NO2. The van der Waals surface area contributed by atoms with E-state index >= 15 is 0 Å². The van der Waals surface area contributed by atoms with Gasteiger partial charge >= 0.3 is 5.97 Å². The summed E-state index contributed by atoms with van der Waals surface area (Å²) in [7, 11) is 0. The Morgan fingerprint density at radius 3 is 2.22 bits per heavy atom. The second-order valence-corrected chi connectivity index (χ2v) is 5.72. The lowest BCUT2D eigenvalue weighted by molar-refractivity contribution is -0.153. The van der Waals surface area contributed by atoms with E-state index in [4.69, 9.17) is 4.74 Å². The minimum absolute atomic E-state index is 0.150. The van der Waals surface area contributed by atoms with E-state index in [0.29, 0.717) is 6.54 Å². The first-order chi connectivity index (χ1) is 8.47. The Hall–Kier alpha value is -0.570. The lowest BCUT2D eigenvalue weighted by atomic mass is 9.89. The van der Waals surface area contributed by atoms with Crippen LogP contribution in [0.4, 0.5) is 0 Å². The first kappa shape index (κ1) is 17.4. The van der Waals surface area contributed by atoms with Gasteiger partial charge in [-0.2, -0.15) is 0 Å². The summed E-state index contributed by atoms with van der Waals surface area (Å²) in [6, 6.07) is 0. The van der Waals surface area contributed by atoms with E-state index in [2.05, 4.69) is 5.32 Å². The monoisotopic (exact) mass is 257 g/mol. The van der Waals surface area contributed by atoms with Gasteiger partial charge in [0.15, 0.2) is 0 Å². The van der Waals surface area contributed by atoms with Crippen molar-refractivity contribution in [3.8, 4) is 0 Å². The standard InChI is InChI=1S/C13H25NO2.C2H6/c1-13(2,3)16-12(15)10-14-9-11-7-5-4-6-8-11;1-2/h11,14H,4-10H2,1-3H3;1-2H3. The van der Waals surface area contributed by atoms with E-state index in [0.717, 1.165) is 12.5 Å². The smallest absolute Gasteiger partial charge is 0.320 e. The maximum atomic E-state index is 11.4. The molecule has 0 aliphatic heterocycles. The summed E-state index contributed by atoms with van der Waals surface area (Å²) >= 11 is 0. The first-order valence-electron chi connectivity index (χ1n) is 7.40. The van der Waals surface area contributed by atoms with Crippen molar-refractivity contribution in [1.29, 1.82) is 0 Å². The highest BCUT2D eigenvalue weighted by atomic mass is 16.6. The van der Waals surface area contributed by atoms with Crippen LogP contribution in [0.25, 0.3) is 0 Å². The van der Waals surface area contributed by atoms with Gasteiger partial charge < -0.3 is 10.1 Å². The van der Waals surface area contributed by atoms with E-state index < -0.39 is 0 Å². The van der Waals surface area contributed by atoms with Crippen molar-refractivity contribution in [3.63, 3.8) is 0 Å². The Morgan fingerprint density at radius 1 is 1.17 bits per heavy atom. The summed E-state index contributed by atoms with van der Waals surface area (Å²) in [4.78, 5) is 11.4. The molecule has 0 radical (unpaired) electrons. The Kier molecular flexibility index (Phi) is 9.08. The van der Waals surface area contributed by atoms with E-state index in [1.807, 2.05) is 34.6 Å². The molecule has 1 aliphatic carbocycles. The molecule has 0 amide bonds. The van der Waals surface area contributed by atoms with Crippen molar-refractivity contribution in [1.82, 2.24) is 5.32 Å². The number of carbonyl (C=O) groups is 1. The van der Waals surface area contributed by atoms with Gasteiger partial charge in [0.1, 0.15) is 5.60 Å². The van der Waals surface area contributed by atoms with Crippen LogP contribution in [0, 0.1) is 5.92 Å². The maximum absolute atomic E-state index is 11.4. The number of hydrogen-bond acceptors (Lipinski definition) is 3. The van der Waals surface area contributed by atoms with Gasteiger partial charge in [-0.25, -0.2) is 0 Å². The van der Waals surface area contributed by atoms with Gasteiger partial charge in [0.05, 0.1) is 6.54 Å². The average Bonchev–Trinajstić information content (AvgIpc) is 2.31. The van der Waals surface area contributed by atoms with Crippen LogP contribution in [0.3, 0.4) is 0 Å². The van der Waals surface area contributed by atoms with Crippen LogP contribution in [0.15, 0.2) is 0 Å². The molecule has 0 unspecified atom stereocenters. The third-order valence-corrected chi connectivity index (χ3v) is 2.85. The fourth-order valence-corrected chi connectivity index (χ4v) is 2.15. The zero-order chi connectivity index (χ0) is 14.0. The van der Waals surface area contributed by atoms with Crippen LogP contribution in [0.1, 0.15) is 66.7 Å². The van der Waals surface area contributed by atoms with Crippen molar-refractivity contribution in [3.05, 3.63) is 0 Å². The van der Waals surface area contributed by atoms with Crippen molar-refractivity contribution in [2.75, 3.05) is 13.1 Å². The van der Waals surface area contributed by atoms with Crippen LogP contribution in [0.2, 0.25) is 0 Å². The molecule has 0 bridgehead atoms. The molecule has 1 fully saturated rings. The first-order valence-corrected chi connectivity index (χ1v) is 7.40. The van der Waals surface area contributed by atoms with Crippen molar-refractivity contribution in [2.45, 2.75) is 72.3 Å². The number of nitrogens with one attached hydrogen (secondary N) is 1. The van der Waals surface area contributed by atoms with Gasteiger partial charge in [-0.3, -0.25) is 4.79 Å². The van der Waals surface area contributed by atoms with Crippen molar-refractivity contribution < 1.29 is 9.53 Å². The number of ether oxygens (including phenoxy) is 1. The van der Waals surface area contributed by atoms with Crippen molar-refractivity contribution in [2.24, 2.45) is 5.92 Å². The second-order valence-electron chi connectivity index (χ2n) is 5.72. The summed E-state index contributed by atoms with van der Waals surface area (Å²) in [5.74, 6) is 0.611. The van der Waals surface area contributed by atoms with Crippen LogP contribution in [-0.4, -0.2) is 24.7 Å². The number of esters is 1. The third kappa shape index (κ3) is 9.46. The number of carbonyl (C=O) groups excluding carboxylic acids is 1. The molecule has 3 heteroatoms. The van der Waals surface area contributed by atoms with Crippen LogP contribution in [0.5, 0.6) is 0 Å². The topological polar surface area (TPSA) is 38.3 Å². The van der Waals surface area contributed by atoms with Gasteiger partial charge in [-0.1, -0.05) is 33.1 Å². The molecule has 0 aromatic heterocycles. The largest absolute Gasteiger partial charge is 0.459 e. The Labute approximate surface area is 113 Å². The third-order valence-electron chi connectivity index (χ3n) is 2.85. The Morgan fingerprint density at radius 2 is 1.72 bits per heavy atom. The number of hydrogen-bond donors (Lipinski definition) is 1. The molecule has 1 rings (SSSR count). The quantitative estimate of drug-likeness (QED) is 0.783. The fraction of sp³-hybridized carbons (Fsp3) is 0.933. The summed E-state index contributed by atoms with van der Waals surface area (Å²) in [5, 5.41) is 3.20. The molecule has 0 saturated heterocycles. The normalized spacial score (nSPS) is 16.7. The molecular weight excluding hydrogens is 226 g/mol. The minimum Gasteiger partial charge on any atom is -0.459 e. The molecule has 0 spiro atoms. The van der Waals surface area contributed by atoms with Gasteiger partial charge in [-0.05, 0) is 46.1 Å². The molecule has 18 heavy (non-hydrogen) atoms. The molecule has 108 valence electrons. The minimum atomic E-state index is -0.371. The Bertz CT molecular complexity index is 215. The van der Waals surface area contributed by atoms with Gasteiger partial charge in [-0.15, -0.1) is 0 Å². The van der Waals surface area contributed by atoms with Gasteiger partial charge in [0, 0.05) is 0 Å². The average molecular weight is 257 g/mol. The Balaban J connectivity index is 0.00000137. The highest BCUT2D eigenvalue weighted by molar-refractivity contribution is 5.72. The van der Waals surface area contributed by atoms with E-state index in [1.54, 1.807) is 0 Å². The summed E-state index contributed by atoms with van der Waals surface area (Å²) in [6.07, 6.45) is 6.68. The molecule has 3 nitrogen and oxygen atoms in total. The summed E-state index contributed by atoms with van der Waals surface area (Å²) in [5.41, 5.74) is -0.371. The zero-order valence-electron chi connectivity index (χ0n) is 12.8. The SMILES string of the molecule is CC.CC(C)(C)OC(=O)CNCC1CCCCC1. The molecule has 0 aromatic carbocycles. The highest BCUT2D eigenvalue weighted by Crippen LogP contribution is 2.22.